The monoisotopic (exact) mass is 424 g/mol. The van der Waals surface area contributed by atoms with Crippen molar-refractivity contribution in [1.29, 1.82) is 5.26 Å². The first kappa shape index (κ1) is 18.4. The van der Waals surface area contributed by atoms with Gasteiger partial charge in [0.15, 0.2) is 0 Å². The number of hydrogen-bond acceptors (Lipinski definition) is 6. The first-order valence-corrected chi connectivity index (χ1v) is 10.5. The molecular formula is C21H17ClN4O2S. The van der Waals surface area contributed by atoms with Crippen molar-refractivity contribution in [3.05, 3.63) is 63.0 Å². The van der Waals surface area contributed by atoms with Crippen LogP contribution in [0.25, 0.3) is 10.8 Å². The maximum Gasteiger partial charge on any atom is 0.255 e. The van der Waals surface area contributed by atoms with Crippen LogP contribution in [0.3, 0.4) is 0 Å². The van der Waals surface area contributed by atoms with Crippen molar-refractivity contribution in [2.24, 2.45) is 0 Å². The third-order valence-electron chi connectivity index (χ3n) is 5.23. The highest BCUT2D eigenvalue weighted by Crippen LogP contribution is 2.43. The van der Waals surface area contributed by atoms with Crippen molar-refractivity contribution in [2.75, 3.05) is 29.4 Å². The minimum absolute atomic E-state index is 0.158. The van der Waals surface area contributed by atoms with Crippen LogP contribution in [-0.4, -0.2) is 30.8 Å². The number of aromatic amines is 1. The standard InChI is InChI=1S/C21H17ClN4O2S/c22-16-9-24-21(27)15-2-1-3-19(20(15)16)29-26-5-4-14-17(25-13-10-28-11-13)6-12(8-23)7-18(14)26/h1-3,6-7,9,13,25H,4-5,10-11H2,(H,24,27). The Kier molecular flexibility index (Phi) is 4.63. The van der Waals surface area contributed by atoms with Gasteiger partial charge in [-0.3, -0.25) is 4.79 Å². The highest BCUT2D eigenvalue weighted by molar-refractivity contribution is 8.01. The topological polar surface area (TPSA) is 81.2 Å². The van der Waals surface area contributed by atoms with Crippen LogP contribution in [0.1, 0.15) is 11.1 Å². The normalized spacial score (nSPS) is 15.8. The number of halogens is 1. The zero-order valence-corrected chi connectivity index (χ0v) is 16.9. The third kappa shape index (κ3) is 3.23. The SMILES string of the molecule is N#Cc1cc(NC2COC2)c2c(c1)N(Sc1cccc3c(=O)[nH]cc(Cl)c13)CC2. The molecule has 0 aliphatic carbocycles. The lowest BCUT2D eigenvalue weighted by Gasteiger charge is -2.29. The molecule has 0 amide bonds. The van der Waals surface area contributed by atoms with Crippen LogP contribution in [0.15, 0.2) is 46.2 Å². The van der Waals surface area contributed by atoms with Gasteiger partial charge in [-0.1, -0.05) is 17.7 Å². The number of hydrogen-bond donors (Lipinski definition) is 2. The average Bonchev–Trinajstić information content (AvgIpc) is 3.10. The van der Waals surface area contributed by atoms with E-state index in [2.05, 4.69) is 20.7 Å². The minimum Gasteiger partial charge on any atom is -0.377 e. The smallest absolute Gasteiger partial charge is 0.255 e. The number of benzene rings is 2. The molecular weight excluding hydrogens is 408 g/mol. The van der Waals surface area contributed by atoms with Gasteiger partial charge in [0.1, 0.15) is 0 Å². The second-order valence-corrected chi connectivity index (χ2v) is 8.57. The molecule has 0 radical (unpaired) electrons. The van der Waals surface area contributed by atoms with Crippen molar-refractivity contribution in [2.45, 2.75) is 17.4 Å². The van der Waals surface area contributed by atoms with Crippen molar-refractivity contribution >= 4 is 45.7 Å². The Balaban J connectivity index is 1.54. The lowest BCUT2D eigenvalue weighted by molar-refractivity contribution is 0.0211. The Morgan fingerprint density at radius 1 is 1.34 bits per heavy atom. The zero-order valence-electron chi connectivity index (χ0n) is 15.4. The van der Waals surface area contributed by atoms with Gasteiger partial charge in [-0.15, -0.1) is 0 Å². The summed E-state index contributed by atoms with van der Waals surface area (Å²) in [5.41, 5.74) is 3.69. The molecule has 2 aliphatic heterocycles. The molecule has 3 heterocycles. The van der Waals surface area contributed by atoms with Crippen LogP contribution >= 0.6 is 23.5 Å². The summed E-state index contributed by atoms with van der Waals surface area (Å²) in [5.74, 6) is 0. The summed E-state index contributed by atoms with van der Waals surface area (Å²) in [6.07, 6.45) is 2.41. The quantitative estimate of drug-likeness (QED) is 0.617. The number of nitrogens with one attached hydrogen (secondary N) is 2. The number of H-pyrrole nitrogens is 1. The number of aromatic nitrogens is 1. The van der Waals surface area contributed by atoms with Crippen molar-refractivity contribution < 1.29 is 4.74 Å². The van der Waals surface area contributed by atoms with Crippen LogP contribution in [0, 0.1) is 11.3 Å². The van der Waals surface area contributed by atoms with Crippen LogP contribution < -0.4 is 15.2 Å². The van der Waals surface area contributed by atoms with Crippen LogP contribution in [-0.2, 0) is 11.2 Å². The Morgan fingerprint density at radius 2 is 2.21 bits per heavy atom. The summed E-state index contributed by atoms with van der Waals surface area (Å²) in [6, 6.07) is 12.0. The summed E-state index contributed by atoms with van der Waals surface area (Å²) in [6.45, 7) is 2.18. The Bertz CT molecular complexity index is 1220. The van der Waals surface area contributed by atoms with E-state index < -0.39 is 0 Å². The number of fused-ring (bicyclic) bond motifs is 2. The van der Waals surface area contributed by atoms with E-state index in [-0.39, 0.29) is 5.56 Å². The van der Waals surface area contributed by atoms with E-state index in [1.807, 2.05) is 24.3 Å². The molecule has 1 aromatic heterocycles. The van der Waals surface area contributed by atoms with Gasteiger partial charge in [0.25, 0.3) is 5.56 Å². The van der Waals surface area contributed by atoms with E-state index >= 15 is 0 Å². The summed E-state index contributed by atoms with van der Waals surface area (Å²) in [5, 5.41) is 14.8. The van der Waals surface area contributed by atoms with Gasteiger partial charge in [0, 0.05) is 39.7 Å². The fourth-order valence-corrected chi connectivity index (χ4v) is 5.19. The van der Waals surface area contributed by atoms with Crippen molar-refractivity contribution in [3.63, 3.8) is 0 Å². The first-order chi connectivity index (χ1) is 14.1. The van der Waals surface area contributed by atoms with Gasteiger partial charge in [0.05, 0.1) is 41.6 Å². The molecule has 0 bridgehead atoms. The number of pyridine rings is 1. The molecule has 2 N–H and O–H groups in total. The van der Waals surface area contributed by atoms with E-state index in [1.54, 1.807) is 18.0 Å². The maximum absolute atomic E-state index is 12.2. The molecule has 0 unspecified atom stereocenters. The Morgan fingerprint density at radius 3 is 2.97 bits per heavy atom. The molecule has 0 atom stereocenters. The van der Waals surface area contributed by atoms with E-state index in [1.165, 1.54) is 11.8 Å². The molecule has 5 rings (SSSR count). The van der Waals surface area contributed by atoms with Gasteiger partial charge in [-0.2, -0.15) is 5.26 Å². The van der Waals surface area contributed by atoms with Gasteiger partial charge in [-0.25, -0.2) is 0 Å². The minimum atomic E-state index is -0.158. The van der Waals surface area contributed by atoms with E-state index in [0.29, 0.717) is 35.2 Å². The van der Waals surface area contributed by atoms with Gasteiger partial charge in [0.2, 0.25) is 0 Å². The highest BCUT2D eigenvalue weighted by Gasteiger charge is 2.27. The van der Waals surface area contributed by atoms with Gasteiger partial charge >= 0.3 is 0 Å². The summed E-state index contributed by atoms with van der Waals surface area (Å²) >= 11 is 7.95. The number of ether oxygens (including phenoxy) is 1. The molecule has 0 spiro atoms. The molecule has 0 saturated carbocycles. The molecule has 2 aliphatic rings. The fourth-order valence-electron chi connectivity index (χ4n) is 3.74. The summed E-state index contributed by atoms with van der Waals surface area (Å²) in [7, 11) is 0. The molecule has 1 fully saturated rings. The Hall–Kier alpha value is -2.66. The second kappa shape index (κ2) is 7.30. The molecule has 146 valence electrons. The van der Waals surface area contributed by atoms with Crippen LogP contribution in [0.4, 0.5) is 11.4 Å². The average molecular weight is 425 g/mol. The first-order valence-electron chi connectivity index (χ1n) is 9.31. The number of nitriles is 1. The van der Waals surface area contributed by atoms with Gasteiger partial charge in [-0.05, 0) is 42.6 Å². The maximum atomic E-state index is 12.2. The number of rotatable bonds is 4. The van der Waals surface area contributed by atoms with Crippen LogP contribution in [0.2, 0.25) is 5.02 Å². The second-order valence-electron chi connectivity index (χ2n) is 7.10. The number of nitrogens with zero attached hydrogens (tertiary/aromatic N) is 2. The molecule has 1 saturated heterocycles. The summed E-state index contributed by atoms with van der Waals surface area (Å²) in [4.78, 5) is 15.8. The number of anilines is 2. The predicted octanol–water partition coefficient (Wildman–Crippen LogP) is 3.93. The predicted molar refractivity (Wildman–Crippen MR) is 116 cm³/mol. The highest BCUT2D eigenvalue weighted by atomic mass is 35.5. The molecule has 6 nitrogen and oxygen atoms in total. The lowest BCUT2D eigenvalue weighted by atomic mass is 10.1. The molecule has 3 aromatic rings. The fraction of sp³-hybridized carbons (Fsp3) is 0.238. The zero-order chi connectivity index (χ0) is 20.0. The van der Waals surface area contributed by atoms with Crippen molar-refractivity contribution in [1.82, 2.24) is 4.98 Å². The third-order valence-corrected chi connectivity index (χ3v) is 6.67. The van der Waals surface area contributed by atoms with Crippen LogP contribution in [0.5, 0.6) is 0 Å². The van der Waals surface area contributed by atoms with Gasteiger partial charge < -0.3 is 19.3 Å². The lowest BCUT2D eigenvalue weighted by Crippen LogP contribution is -2.40. The molecule has 29 heavy (non-hydrogen) atoms. The van der Waals surface area contributed by atoms with E-state index in [0.717, 1.165) is 34.6 Å². The summed E-state index contributed by atoms with van der Waals surface area (Å²) < 4.78 is 7.43. The molecule has 2 aromatic carbocycles. The van der Waals surface area contributed by atoms with E-state index in [4.69, 9.17) is 16.3 Å². The van der Waals surface area contributed by atoms with E-state index in [9.17, 15) is 10.1 Å². The van der Waals surface area contributed by atoms with Crippen molar-refractivity contribution in [3.8, 4) is 6.07 Å². The Labute approximate surface area is 176 Å². The largest absolute Gasteiger partial charge is 0.377 e. The molecule has 8 heteroatoms.